The Morgan fingerprint density at radius 1 is 1.53 bits per heavy atom. The van der Waals surface area contributed by atoms with Crippen molar-refractivity contribution < 1.29 is 19.4 Å². The zero-order chi connectivity index (χ0) is 12.3. The first kappa shape index (κ1) is 11.6. The molecule has 0 radical (unpaired) electrons. The van der Waals surface area contributed by atoms with Crippen LogP contribution >= 0.6 is 0 Å². The summed E-state index contributed by atoms with van der Waals surface area (Å²) in [5, 5.41) is 17.8. The minimum Gasteiger partial charge on any atom is -0.479 e. The van der Waals surface area contributed by atoms with Gasteiger partial charge in [-0.25, -0.2) is 4.79 Å². The van der Waals surface area contributed by atoms with E-state index < -0.39 is 18.2 Å². The summed E-state index contributed by atoms with van der Waals surface area (Å²) in [7, 11) is 0. The molecule has 0 unspecified atom stereocenters. The summed E-state index contributed by atoms with van der Waals surface area (Å²) in [6.07, 6.45) is 0.869. The van der Waals surface area contributed by atoms with Gasteiger partial charge < -0.3 is 15.2 Å². The van der Waals surface area contributed by atoms with E-state index in [2.05, 4.69) is 15.5 Å². The standard InChI is InChI=1S/C10H13N3O4/c14-9(11-5-6-3-4-12-13-6)7-1-2-8(17-7)10(15)16/h3-4,7-8H,1-2,5H2,(H,11,14)(H,12,13)(H,15,16)/t7-,8+/m0/s1. The van der Waals surface area contributed by atoms with Crippen LogP contribution in [0.2, 0.25) is 0 Å². The monoisotopic (exact) mass is 239 g/mol. The number of rotatable bonds is 4. The number of aromatic amines is 1. The van der Waals surface area contributed by atoms with E-state index in [1.165, 1.54) is 0 Å². The number of H-pyrrole nitrogens is 1. The van der Waals surface area contributed by atoms with E-state index in [-0.39, 0.29) is 5.91 Å². The molecule has 17 heavy (non-hydrogen) atoms. The molecule has 1 aliphatic rings. The second kappa shape index (κ2) is 4.96. The van der Waals surface area contributed by atoms with Gasteiger partial charge in [0.15, 0.2) is 6.10 Å². The third-order valence-corrected chi connectivity index (χ3v) is 2.60. The van der Waals surface area contributed by atoms with Gasteiger partial charge in [0, 0.05) is 6.20 Å². The number of nitrogens with one attached hydrogen (secondary N) is 2. The normalized spacial score (nSPS) is 23.5. The summed E-state index contributed by atoms with van der Waals surface area (Å²) in [4.78, 5) is 22.3. The van der Waals surface area contributed by atoms with Gasteiger partial charge >= 0.3 is 5.97 Å². The molecule has 1 fully saturated rings. The zero-order valence-corrected chi connectivity index (χ0v) is 9.05. The Hall–Kier alpha value is -1.89. The molecule has 2 atom stereocenters. The molecular weight excluding hydrogens is 226 g/mol. The fourth-order valence-electron chi connectivity index (χ4n) is 1.69. The van der Waals surface area contributed by atoms with Gasteiger partial charge in [-0.2, -0.15) is 5.10 Å². The second-order valence-electron chi connectivity index (χ2n) is 3.83. The van der Waals surface area contributed by atoms with E-state index in [4.69, 9.17) is 9.84 Å². The first-order chi connectivity index (χ1) is 8.16. The molecule has 0 spiro atoms. The molecule has 7 heteroatoms. The highest BCUT2D eigenvalue weighted by Crippen LogP contribution is 2.19. The molecule has 92 valence electrons. The van der Waals surface area contributed by atoms with Crippen LogP contribution in [0.4, 0.5) is 0 Å². The van der Waals surface area contributed by atoms with Gasteiger partial charge in [0.05, 0.1) is 12.2 Å². The highest BCUT2D eigenvalue weighted by atomic mass is 16.5. The molecule has 2 heterocycles. The lowest BCUT2D eigenvalue weighted by Gasteiger charge is -2.10. The van der Waals surface area contributed by atoms with Gasteiger partial charge in [0.1, 0.15) is 6.10 Å². The van der Waals surface area contributed by atoms with Gasteiger partial charge in [0.2, 0.25) is 5.91 Å². The molecule has 1 aromatic heterocycles. The SMILES string of the molecule is O=C(NCc1ccn[nH]1)[C@@H]1CC[C@H](C(=O)O)O1. The van der Waals surface area contributed by atoms with E-state index in [0.717, 1.165) is 5.69 Å². The van der Waals surface area contributed by atoms with Gasteiger partial charge in [-0.1, -0.05) is 0 Å². The summed E-state index contributed by atoms with van der Waals surface area (Å²) >= 11 is 0. The number of ether oxygens (including phenoxy) is 1. The zero-order valence-electron chi connectivity index (χ0n) is 9.05. The van der Waals surface area contributed by atoms with E-state index in [0.29, 0.717) is 19.4 Å². The predicted molar refractivity (Wildman–Crippen MR) is 56.0 cm³/mol. The number of carboxylic acids is 1. The number of aromatic nitrogens is 2. The summed E-state index contributed by atoms with van der Waals surface area (Å²) in [5.74, 6) is -1.31. The number of aliphatic carboxylic acids is 1. The third-order valence-electron chi connectivity index (χ3n) is 2.60. The molecule has 3 N–H and O–H groups in total. The van der Waals surface area contributed by atoms with E-state index in [1.807, 2.05) is 0 Å². The Bertz CT molecular complexity index is 404. The molecule has 7 nitrogen and oxygen atoms in total. The van der Waals surface area contributed by atoms with Crippen molar-refractivity contribution in [2.45, 2.75) is 31.6 Å². The summed E-state index contributed by atoms with van der Waals surface area (Å²) in [5.41, 5.74) is 0.783. The van der Waals surface area contributed by atoms with Crippen molar-refractivity contribution in [3.8, 4) is 0 Å². The number of carbonyl (C=O) groups is 2. The molecule has 2 rings (SSSR count). The van der Waals surface area contributed by atoms with E-state index in [9.17, 15) is 9.59 Å². The first-order valence-electron chi connectivity index (χ1n) is 5.31. The fourth-order valence-corrected chi connectivity index (χ4v) is 1.69. The second-order valence-corrected chi connectivity index (χ2v) is 3.83. The number of carboxylic acid groups (broad SMARTS) is 1. The van der Waals surface area contributed by atoms with Crippen molar-refractivity contribution in [2.75, 3.05) is 0 Å². The van der Waals surface area contributed by atoms with Crippen LogP contribution < -0.4 is 5.32 Å². The quantitative estimate of drug-likeness (QED) is 0.666. The molecule has 0 aromatic carbocycles. The van der Waals surface area contributed by atoms with Crippen LogP contribution in [0, 0.1) is 0 Å². The van der Waals surface area contributed by atoms with Crippen LogP contribution in [0.15, 0.2) is 12.3 Å². The molecule has 0 saturated carbocycles. The molecule has 0 bridgehead atoms. The molecule has 0 aliphatic carbocycles. The Balaban J connectivity index is 1.79. The van der Waals surface area contributed by atoms with E-state index in [1.54, 1.807) is 12.3 Å². The van der Waals surface area contributed by atoms with Gasteiger partial charge in [-0.3, -0.25) is 9.89 Å². The predicted octanol–water partition coefficient (Wildman–Crippen LogP) is -0.342. The summed E-state index contributed by atoms with van der Waals surface area (Å²) in [6, 6.07) is 1.75. The van der Waals surface area contributed by atoms with Crippen LogP contribution in [0.1, 0.15) is 18.5 Å². The van der Waals surface area contributed by atoms with Crippen molar-refractivity contribution in [1.29, 1.82) is 0 Å². The van der Waals surface area contributed by atoms with Crippen molar-refractivity contribution in [3.63, 3.8) is 0 Å². The summed E-state index contributed by atoms with van der Waals surface area (Å²) < 4.78 is 5.12. The largest absolute Gasteiger partial charge is 0.479 e. The lowest BCUT2D eigenvalue weighted by Crippen LogP contribution is -2.35. The topological polar surface area (TPSA) is 104 Å². The average molecular weight is 239 g/mol. The molecular formula is C10H13N3O4. The van der Waals surface area contributed by atoms with Gasteiger partial charge in [-0.05, 0) is 18.9 Å². The number of carbonyl (C=O) groups excluding carboxylic acids is 1. The van der Waals surface area contributed by atoms with Crippen molar-refractivity contribution in [2.24, 2.45) is 0 Å². The molecule has 1 aromatic rings. The Kier molecular flexibility index (Phi) is 3.38. The van der Waals surface area contributed by atoms with Crippen molar-refractivity contribution >= 4 is 11.9 Å². The smallest absolute Gasteiger partial charge is 0.332 e. The minimum atomic E-state index is -1.02. The highest BCUT2D eigenvalue weighted by molar-refractivity contribution is 5.82. The third kappa shape index (κ3) is 2.82. The lowest BCUT2D eigenvalue weighted by molar-refractivity contribution is -0.151. The van der Waals surface area contributed by atoms with Crippen LogP contribution in [0.3, 0.4) is 0 Å². The Morgan fingerprint density at radius 2 is 2.29 bits per heavy atom. The van der Waals surface area contributed by atoms with Crippen LogP contribution in [-0.2, 0) is 20.9 Å². The number of hydrogen-bond donors (Lipinski definition) is 3. The maximum Gasteiger partial charge on any atom is 0.332 e. The maximum absolute atomic E-state index is 11.6. The van der Waals surface area contributed by atoms with Crippen LogP contribution in [-0.4, -0.2) is 39.4 Å². The minimum absolute atomic E-state index is 0.289. The van der Waals surface area contributed by atoms with Crippen LogP contribution in [0.25, 0.3) is 0 Å². The number of amides is 1. The van der Waals surface area contributed by atoms with Crippen LogP contribution in [0.5, 0.6) is 0 Å². The fraction of sp³-hybridized carbons (Fsp3) is 0.500. The highest BCUT2D eigenvalue weighted by Gasteiger charge is 2.34. The molecule has 1 aliphatic heterocycles. The number of nitrogens with zero attached hydrogens (tertiary/aromatic N) is 1. The maximum atomic E-state index is 11.6. The van der Waals surface area contributed by atoms with Gasteiger partial charge in [-0.15, -0.1) is 0 Å². The Morgan fingerprint density at radius 3 is 2.88 bits per heavy atom. The van der Waals surface area contributed by atoms with Crippen molar-refractivity contribution in [1.82, 2.24) is 15.5 Å². The lowest BCUT2D eigenvalue weighted by atomic mass is 10.2. The summed E-state index contributed by atoms with van der Waals surface area (Å²) in [6.45, 7) is 0.330. The van der Waals surface area contributed by atoms with Gasteiger partial charge in [0.25, 0.3) is 0 Å². The Labute approximate surface area is 97.2 Å². The average Bonchev–Trinajstić information content (AvgIpc) is 2.96. The number of hydrogen-bond acceptors (Lipinski definition) is 4. The molecule has 1 saturated heterocycles. The van der Waals surface area contributed by atoms with Crippen molar-refractivity contribution in [3.05, 3.63) is 18.0 Å². The molecule has 1 amide bonds. The first-order valence-corrected chi connectivity index (χ1v) is 5.31. The van der Waals surface area contributed by atoms with E-state index >= 15 is 0 Å².